The molecule has 0 heterocycles. The Hall–Kier alpha value is 0.390. The Balaban J connectivity index is 4.83. The molecule has 0 bridgehead atoms. The van der Waals surface area contributed by atoms with E-state index in [1.807, 2.05) is 6.92 Å². The Morgan fingerprint density at radius 2 is 1.54 bits per heavy atom. The lowest BCUT2D eigenvalue weighted by Gasteiger charge is -2.27. The highest BCUT2D eigenvalue weighted by molar-refractivity contribution is 8.68. The summed E-state index contributed by atoms with van der Waals surface area (Å²) in [6.45, 7) is 11.8. The molecule has 0 saturated heterocycles. The molecule has 24 heavy (non-hydrogen) atoms. The second kappa shape index (κ2) is 13.6. The summed E-state index contributed by atoms with van der Waals surface area (Å²) in [6.07, 6.45) is 5.27. The third-order valence-corrected chi connectivity index (χ3v) is 9.43. The highest BCUT2D eigenvalue weighted by Gasteiger charge is 2.27. The van der Waals surface area contributed by atoms with Crippen LogP contribution in [0.25, 0.3) is 0 Å². The molecule has 0 aliphatic heterocycles. The second-order valence-corrected chi connectivity index (χ2v) is 13.1. The predicted molar refractivity (Wildman–Crippen MR) is 108 cm³/mol. The monoisotopic (exact) mass is 398 g/mol. The van der Waals surface area contributed by atoms with Gasteiger partial charge in [0.15, 0.2) is 0 Å². The van der Waals surface area contributed by atoms with Crippen LogP contribution in [0.3, 0.4) is 0 Å². The van der Waals surface area contributed by atoms with Crippen molar-refractivity contribution in [3.63, 3.8) is 0 Å². The molecule has 3 atom stereocenters. The van der Waals surface area contributed by atoms with Gasteiger partial charge in [0.2, 0.25) is 5.69 Å². The van der Waals surface area contributed by atoms with Crippen LogP contribution in [0.1, 0.15) is 73.1 Å². The van der Waals surface area contributed by atoms with Gasteiger partial charge in [0, 0.05) is 5.25 Å². The molecule has 0 fully saturated rings. The fraction of sp³-hybridized carbons (Fsp3) is 0.941. The average molecular weight is 399 g/mol. The van der Waals surface area contributed by atoms with Crippen molar-refractivity contribution < 1.29 is 18.9 Å². The van der Waals surface area contributed by atoms with Crippen LogP contribution in [-0.2, 0) is 25.6 Å². The molecule has 3 unspecified atom stereocenters. The zero-order valence-corrected chi connectivity index (χ0v) is 18.4. The summed E-state index contributed by atoms with van der Waals surface area (Å²) in [6, 6.07) is 0. The van der Waals surface area contributed by atoms with E-state index in [-0.39, 0.29) is 11.7 Å². The third kappa shape index (κ3) is 11.9. The molecule has 0 rings (SSSR count). The maximum atomic E-state index is 11.0. The predicted octanol–water partition coefficient (Wildman–Crippen LogP) is 6.10. The number of hydrogen-bond donors (Lipinski definition) is 1. The van der Waals surface area contributed by atoms with Crippen molar-refractivity contribution in [3.05, 3.63) is 0 Å². The van der Waals surface area contributed by atoms with E-state index in [2.05, 4.69) is 27.7 Å². The number of carboxylic acid groups (broad SMARTS) is 1. The standard InChI is InChI=1S/C17H35O4PS2/c1-6-9-14(4)12-20-22(23,21-13-15(5)10-7-2)24-16(8-3)11-17(18)19/h14-16H,6-13H2,1-5H3,(H,18,19). The van der Waals surface area contributed by atoms with Gasteiger partial charge in [-0.15, -0.1) is 0 Å². The van der Waals surface area contributed by atoms with E-state index in [1.165, 1.54) is 11.4 Å². The fourth-order valence-electron chi connectivity index (χ4n) is 2.32. The highest BCUT2D eigenvalue weighted by atomic mass is 32.9. The Kier molecular flexibility index (Phi) is 13.8. The van der Waals surface area contributed by atoms with Gasteiger partial charge >= 0.3 is 5.97 Å². The van der Waals surface area contributed by atoms with E-state index in [9.17, 15) is 4.79 Å². The Labute approximate surface area is 157 Å². The minimum atomic E-state index is -2.52. The Bertz CT molecular complexity index is 373. The van der Waals surface area contributed by atoms with Crippen LogP contribution in [0, 0.1) is 11.8 Å². The van der Waals surface area contributed by atoms with Gasteiger partial charge in [0.05, 0.1) is 19.6 Å². The van der Waals surface area contributed by atoms with Crippen LogP contribution >= 0.6 is 17.1 Å². The molecule has 0 aliphatic carbocycles. The maximum absolute atomic E-state index is 11.0. The van der Waals surface area contributed by atoms with Crippen molar-refractivity contribution in [3.8, 4) is 0 Å². The maximum Gasteiger partial charge on any atom is 0.304 e. The van der Waals surface area contributed by atoms with Crippen LogP contribution in [0.5, 0.6) is 0 Å². The minimum absolute atomic E-state index is 0.0590. The average Bonchev–Trinajstić information content (AvgIpc) is 2.51. The van der Waals surface area contributed by atoms with Crippen molar-refractivity contribution in [2.45, 2.75) is 78.4 Å². The Morgan fingerprint density at radius 3 is 1.88 bits per heavy atom. The topological polar surface area (TPSA) is 55.8 Å². The van der Waals surface area contributed by atoms with Crippen LogP contribution in [0.15, 0.2) is 0 Å². The summed E-state index contributed by atoms with van der Waals surface area (Å²) >= 11 is 7.18. The summed E-state index contributed by atoms with van der Waals surface area (Å²) in [7, 11) is 0. The number of carbonyl (C=O) groups is 1. The normalized spacial score (nSPS) is 17.9. The van der Waals surface area contributed by atoms with Gasteiger partial charge in [-0.05, 0) is 42.9 Å². The van der Waals surface area contributed by atoms with Gasteiger partial charge in [-0.2, -0.15) is 0 Å². The molecule has 0 aromatic heterocycles. The molecule has 1 N–H and O–H groups in total. The smallest absolute Gasteiger partial charge is 0.304 e. The molecule has 0 saturated carbocycles. The lowest BCUT2D eigenvalue weighted by molar-refractivity contribution is -0.136. The van der Waals surface area contributed by atoms with Gasteiger partial charge in [-0.1, -0.05) is 58.8 Å². The first-order valence-electron chi connectivity index (χ1n) is 9.05. The fourth-order valence-corrected chi connectivity index (χ4v) is 8.08. The van der Waals surface area contributed by atoms with E-state index < -0.39 is 11.7 Å². The molecular weight excluding hydrogens is 363 g/mol. The van der Waals surface area contributed by atoms with Crippen molar-refractivity contribution in [1.82, 2.24) is 0 Å². The molecule has 0 spiro atoms. The Morgan fingerprint density at radius 1 is 1.08 bits per heavy atom. The van der Waals surface area contributed by atoms with E-state index in [0.29, 0.717) is 25.0 Å². The van der Waals surface area contributed by atoms with Gasteiger partial charge < -0.3 is 14.2 Å². The molecule has 0 amide bonds. The first-order valence-corrected chi connectivity index (χ1v) is 13.2. The van der Waals surface area contributed by atoms with Gasteiger partial charge in [0.1, 0.15) is 0 Å². The lowest BCUT2D eigenvalue weighted by Crippen LogP contribution is -2.12. The van der Waals surface area contributed by atoms with Gasteiger partial charge in [0.25, 0.3) is 0 Å². The van der Waals surface area contributed by atoms with Crippen LogP contribution in [0.4, 0.5) is 0 Å². The molecule has 0 aromatic carbocycles. The quantitative estimate of drug-likeness (QED) is 0.336. The van der Waals surface area contributed by atoms with E-state index in [0.717, 1.165) is 32.1 Å². The van der Waals surface area contributed by atoms with Crippen molar-refractivity contribution in [2.75, 3.05) is 13.2 Å². The molecule has 144 valence electrons. The van der Waals surface area contributed by atoms with Crippen molar-refractivity contribution in [1.29, 1.82) is 0 Å². The first kappa shape index (κ1) is 24.4. The van der Waals surface area contributed by atoms with Gasteiger partial charge in [-0.25, -0.2) is 0 Å². The molecule has 7 heteroatoms. The van der Waals surface area contributed by atoms with E-state index in [1.54, 1.807) is 0 Å². The SMILES string of the molecule is CCCC(C)COP(=S)(OCC(C)CCC)SC(CC)CC(=O)O. The molecule has 4 nitrogen and oxygen atoms in total. The second-order valence-electron chi connectivity index (χ2n) is 6.56. The number of hydrogen-bond acceptors (Lipinski definition) is 5. The van der Waals surface area contributed by atoms with Crippen LogP contribution in [0.2, 0.25) is 0 Å². The molecular formula is C17H35O4PS2. The number of aliphatic carboxylic acids is 1. The summed E-state index contributed by atoms with van der Waals surface area (Å²) < 4.78 is 12.1. The zero-order chi connectivity index (χ0) is 18.6. The van der Waals surface area contributed by atoms with Crippen LogP contribution in [-0.4, -0.2) is 29.5 Å². The minimum Gasteiger partial charge on any atom is -0.481 e. The van der Waals surface area contributed by atoms with Crippen LogP contribution < -0.4 is 0 Å². The summed E-state index contributed by atoms with van der Waals surface area (Å²) in [5, 5.41) is 9.01. The number of rotatable bonds is 15. The molecule has 0 radical (unpaired) electrons. The highest BCUT2D eigenvalue weighted by Crippen LogP contribution is 2.64. The van der Waals surface area contributed by atoms with Crippen molar-refractivity contribution >= 4 is 34.9 Å². The summed E-state index contributed by atoms with van der Waals surface area (Å²) in [4.78, 5) is 11.0. The summed E-state index contributed by atoms with van der Waals surface area (Å²) in [5.74, 6) is 0.0814. The van der Waals surface area contributed by atoms with E-state index in [4.69, 9.17) is 26.0 Å². The van der Waals surface area contributed by atoms with Crippen molar-refractivity contribution in [2.24, 2.45) is 11.8 Å². The number of carboxylic acids is 1. The molecule has 0 aliphatic rings. The molecule has 0 aromatic rings. The summed E-state index contributed by atoms with van der Waals surface area (Å²) in [5.41, 5.74) is -2.52. The van der Waals surface area contributed by atoms with Gasteiger partial charge in [-0.3, -0.25) is 4.79 Å². The first-order chi connectivity index (χ1) is 11.3. The zero-order valence-electron chi connectivity index (χ0n) is 15.8. The largest absolute Gasteiger partial charge is 0.481 e. The lowest BCUT2D eigenvalue weighted by atomic mass is 10.1. The third-order valence-electron chi connectivity index (χ3n) is 3.73. The van der Waals surface area contributed by atoms with E-state index >= 15 is 0 Å².